The Morgan fingerprint density at radius 1 is 1.45 bits per heavy atom. The lowest BCUT2D eigenvalue weighted by Crippen LogP contribution is -2.04. The molecule has 0 amide bonds. The van der Waals surface area contributed by atoms with E-state index in [0.717, 1.165) is 16.6 Å². The second kappa shape index (κ2) is 5.46. The number of nitro groups is 1. The van der Waals surface area contributed by atoms with Gasteiger partial charge in [-0.05, 0) is 23.1 Å². The summed E-state index contributed by atoms with van der Waals surface area (Å²) in [7, 11) is 1.27. The number of carbonyl (C=O) groups is 1. The van der Waals surface area contributed by atoms with E-state index >= 15 is 0 Å². The first-order valence-electron chi connectivity index (χ1n) is 6.70. The molecule has 3 rings (SSSR count). The molecule has 2 aromatic rings. The Bertz CT molecular complexity index is 791. The third kappa shape index (κ3) is 2.16. The topological polar surface area (TPSA) is 81.5 Å². The minimum absolute atomic E-state index is 0.0396. The van der Waals surface area contributed by atoms with Crippen LogP contribution in [0.5, 0.6) is 0 Å². The number of methoxy groups -OCH3 is 1. The number of halogens is 1. The molecule has 0 saturated carbocycles. The lowest BCUT2D eigenvalue weighted by molar-refractivity contribution is -0.383. The molecule has 0 spiro atoms. The summed E-state index contributed by atoms with van der Waals surface area (Å²) in [6, 6.07) is 6.34. The quantitative estimate of drug-likeness (QED) is 0.406. The van der Waals surface area contributed by atoms with Crippen LogP contribution in [-0.4, -0.2) is 30.4 Å². The first-order valence-corrected chi connectivity index (χ1v) is 7.23. The van der Waals surface area contributed by atoms with Crippen molar-refractivity contribution in [1.29, 1.82) is 0 Å². The number of esters is 1. The predicted molar refractivity (Wildman–Crippen MR) is 83.9 cm³/mol. The summed E-state index contributed by atoms with van der Waals surface area (Å²) in [5.74, 6) is -0.0151. The molecule has 0 saturated heterocycles. The Kier molecular flexibility index (Phi) is 3.62. The van der Waals surface area contributed by atoms with Crippen LogP contribution in [0, 0.1) is 10.1 Å². The zero-order valence-corrected chi connectivity index (χ0v) is 12.5. The number of non-ortho nitro benzene ring substituents is 1. The molecule has 6 nitrogen and oxygen atoms in total. The fourth-order valence-corrected chi connectivity index (χ4v) is 3.14. The molecule has 1 aliphatic rings. The molecule has 0 aliphatic carbocycles. The number of nitro benzene ring substituents is 1. The van der Waals surface area contributed by atoms with Crippen molar-refractivity contribution >= 4 is 39.7 Å². The molecule has 0 aromatic heterocycles. The molecule has 7 heteroatoms. The number of hydrogen-bond donors (Lipinski definition) is 1. The highest BCUT2D eigenvalue weighted by Crippen LogP contribution is 2.42. The number of hydrogen-bond acceptors (Lipinski definition) is 5. The van der Waals surface area contributed by atoms with Gasteiger partial charge in [0.1, 0.15) is 0 Å². The Morgan fingerprint density at radius 2 is 2.23 bits per heavy atom. The van der Waals surface area contributed by atoms with Crippen LogP contribution in [0.3, 0.4) is 0 Å². The molecule has 1 unspecified atom stereocenters. The van der Waals surface area contributed by atoms with E-state index in [1.807, 2.05) is 0 Å². The first kappa shape index (κ1) is 14.6. The largest absolute Gasteiger partial charge is 0.465 e. The van der Waals surface area contributed by atoms with Crippen LogP contribution >= 0.6 is 11.6 Å². The maximum Gasteiger partial charge on any atom is 0.337 e. The molecular formula is C15H13ClN2O4. The van der Waals surface area contributed by atoms with Crippen molar-refractivity contribution < 1.29 is 14.5 Å². The van der Waals surface area contributed by atoms with Gasteiger partial charge in [0.25, 0.3) is 5.69 Å². The van der Waals surface area contributed by atoms with Gasteiger partial charge in [-0.15, -0.1) is 11.6 Å². The predicted octanol–water partition coefficient (Wildman–Crippen LogP) is 3.28. The molecule has 1 heterocycles. The van der Waals surface area contributed by atoms with E-state index in [0.29, 0.717) is 17.8 Å². The summed E-state index contributed by atoms with van der Waals surface area (Å²) in [6.07, 6.45) is 0. The third-order valence-electron chi connectivity index (χ3n) is 3.91. The van der Waals surface area contributed by atoms with Crippen LogP contribution in [0.15, 0.2) is 24.3 Å². The fraction of sp³-hybridized carbons (Fsp3) is 0.267. The van der Waals surface area contributed by atoms with E-state index in [2.05, 4.69) is 10.1 Å². The maximum absolute atomic E-state index is 11.7. The number of benzene rings is 2. The molecule has 1 atom stereocenters. The second-order valence-corrected chi connectivity index (χ2v) is 5.41. The molecular weight excluding hydrogens is 308 g/mol. The number of nitrogens with one attached hydrogen (secondary N) is 1. The average Bonchev–Trinajstić information content (AvgIpc) is 2.95. The first-order chi connectivity index (χ1) is 10.6. The van der Waals surface area contributed by atoms with Gasteiger partial charge >= 0.3 is 5.97 Å². The van der Waals surface area contributed by atoms with Gasteiger partial charge in [-0.1, -0.05) is 6.07 Å². The normalized spacial score (nSPS) is 16.2. The van der Waals surface area contributed by atoms with Crippen LogP contribution < -0.4 is 5.32 Å². The second-order valence-electron chi connectivity index (χ2n) is 5.10. The Morgan fingerprint density at radius 3 is 2.86 bits per heavy atom. The lowest BCUT2D eigenvalue weighted by atomic mass is 9.94. The van der Waals surface area contributed by atoms with Crippen molar-refractivity contribution in [3.8, 4) is 0 Å². The van der Waals surface area contributed by atoms with Gasteiger partial charge in [0, 0.05) is 30.1 Å². The van der Waals surface area contributed by atoms with Gasteiger partial charge < -0.3 is 10.1 Å². The highest BCUT2D eigenvalue weighted by molar-refractivity contribution is 6.19. The maximum atomic E-state index is 11.7. The summed E-state index contributed by atoms with van der Waals surface area (Å²) < 4.78 is 4.68. The summed E-state index contributed by atoms with van der Waals surface area (Å²) in [4.78, 5) is 22.6. The van der Waals surface area contributed by atoms with Gasteiger partial charge in [0.05, 0.1) is 23.0 Å². The Hall–Kier alpha value is -2.34. The van der Waals surface area contributed by atoms with Crippen LogP contribution in [0.2, 0.25) is 0 Å². The number of carbonyl (C=O) groups excluding carboxylic acids is 1. The van der Waals surface area contributed by atoms with Crippen LogP contribution in [0.25, 0.3) is 10.8 Å². The van der Waals surface area contributed by atoms with Crippen LogP contribution in [0.4, 0.5) is 11.4 Å². The highest BCUT2D eigenvalue weighted by atomic mass is 35.5. The minimum atomic E-state index is -0.524. The molecule has 0 fully saturated rings. The molecule has 22 heavy (non-hydrogen) atoms. The zero-order valence-electron chi connectivity index (χ0n) is 11.8. The van der Waals surface area contributed by atoms with Crippen molar-refractivity contribution in [2.24, 2.45) is 0 Å². The highest BCUT2D eigenvalue weighted by Gasteiger charge is 2.28. The molecule has 114 valence electrons. The number of anilines is 1. The number of fused-ring (bicyclic) bond motifs is 3. The van der Waals surface area contributed by atoms with E-state index < -0.39 is 10.9 Å². The number of nitrogens with zero attached hydrogens (tertiary/aromatic N) is 1. The zero-order chi connectivity index (χ0) is 15.9. The standard InChI is InChI=1S/C15H13ClN2O4/c1-22-15(19)8-2-3-10-11(4-8)13(18(20)21)5-12-14(10)9(6-16)7-17-12/h2-5,9,17H,6-7H2,1H3. The van der Waals surface area contributed by atoms with Crippen molar-refractivity contribution in [2.75, 3.05) is 24.9 Å². The average molecular weight is 321 g/mol. The Labute approximate surface area is 131 Å². The monoisotopic (exact) mass is 320 g/mol. The van der Waals surface area contributed by atoms with E-state index in [1.54, 1.807) is 12.1 Å². The van der Waals surface area contributed by atoms with Gasteiger partial charge in [-0.3, -0.25) is 10.1 Å². The number of alkyl halides is 1. The number of ether oxygens (including phenoxy) is 1. The molecule has 1 aliphatic heterocycles. The SMILES string of the molecule is COC(=O)c1ccc2c3c(cc([N+](=O)[O-])c2c1)NCC3CCl. The molecule has 1 N–H and O–H groups in total. The molecule has 0 bridgehead atoms. The summed E-state index contributed by atoms with van der Waals surface area (Å²) in [6.45, 7) is 0.647. The fourth-order valence-electron chi connectivity index (χ4n) is 2.88. The van der Waals surface area contributed by atoms with Crippen molar-refractivity contribution in [3.05, 3.63) is 45.5 Å². The van der Waals surface area contributed by atoms with Crippen LogP contribution in [-0.2, 0) is 4.74 Å². The van der Waals surface area contributed by atoms with E-state index in [4.69, 9.17) is 11.6 Å². The van der Waals surface area contributed by atoms with Crippen LogP contribution in [0.1, 0.15) is 21.8 Å². The summed E-state index contributed by atoms with van der Waals surface area (Å²) in [5, 5.41) is 15.7. The summed E-state index contributed by atoms with van der Waals surface area (Å²) in [5.41, 5.74) is 1.94. The van der Waals surface area contributed by atoms with Gasteiger partial charge in [-0.25, -0.2) is 4.79 Å². The Balaban J connectivity index is 2.32. The van der Waals surface area contributed by atoms with E-state index in [-0.39, 0.29) is 17.2 Å². The van der Waals surface area contributed by atoms with Crippen molar-refractivity contribution in [2.45, 2.75) is 5.92 Å². The number of rotatable bonds is 3. The van der Waals surface area contributed by atoms with Gasteiger partial charge in [-0.2, -0.15) is 0 Å². The summed E-state index contributed by atoms with van der Waals surface area (Å²) >= 11 is 5.99. The molecule has 0 radical (unpaired) electrons. The van der Waals surface area contributed by atoms with E-state index in [9.17, 15) is 14.9 Å². The minimum Gasteiger partial charge on any atom is -0.465 e. The smallest absolute Gasteiger partial charge is 0.337 e. The van der Waals surface area contributed by atoms with Crippen molar-refractivity contribution in [3.63, 3.8) is 0 Å². The lowest BCUT2D eigenvalue weighted by Gasteiger charge is -2.11. The van der Waals surface area contributed by atoms with Gasteiger partial charge in [0.15, 0.2) is 0 Å². The van der Waals surface area contributed by atoms with E-state index in [1.165, 1.54) is 19.2 Å². The molecule has 2 aromatic carbocycles. The third-order valence-corrected chi connectivity index (χ3v) is 4.28. The van der Waals surface area contributed by atoms with Gasteiger partial charge in [0.2, 0.25) is 0 Å². The van der Waals surface area contributed by atoms with Crippen molar-refractivity contribution in [1.82, 2.24) is 0 Å².